The summed E-state index contributed by atoms with van der Waals surface area (Å²) >= 11 is 0. The van der Waals surface area contributed by atoms with Gasteiger partial charge >= 0.3 is 19.8 Å². The molecule has 13 heteroatoms. The SMILES string of the molecule is CCCC/C=C\CCCCCCCC(=O)O[C@H](COC(=O)CCC[C@@H](O)[C@H](O)/C=C/C=C/C=C\C=C\[C@H](O)CCCCC)COP(=O)(O)OCCN. The van der Waals surface area contributed by atoms with Crippen molar-refractivity contribution in [3.05, 3.63) is 60.8 Å². The number of aliphatic hydroxyl groups excluding tert-OH is 3. The summed E-state index contributed by atoms with van der Waals surface area (Å²) < 4.78 is 32.4. The molecule has 0 radical (unpaired) electrons. The average Bonchev–Trinajstić information content (AvgIpc) is 3.11. The molecule has 1 unspecified atom stereocenters. The molecule has 0 saturated heterocycles. The number of carbonyl (C=O) groups is 2. The molecule has 0 aliphatic rings. The van der Waals surface area contributed by atoms with Crippen LogP contribution >= 0.6 is 7.82 Å². The molecule has 0 aromatic heterocycles. The molecule has 0 aliphatic carbocycles. The van der Waals surface area contributed by atoms with Crippen molar-refractivity contribution in [3.63, 3.8) is 0 Å². The first kappa shape index (κ1) is 49.6. The molecule has 0 fully saturated rings. The second-order valence-corrected chi connectivity index (χ2v) is 14.1. The van der Waals surface area contributed by atoms with E-state index in [4.69, 9.17) is 24.3 Å². The van der Waals surface area contributed by atoms with Gasteiger partial charge in [-0.15, -0.1) is 0 Å². The highest BCUT2D eigenvalue weighted by Crippen LogP contribution is 2.43. The number of unbranched alkanes of at least 4 members (excludes halogenated alkanes) is 9. The van der Waals surface area contributed by atoms with E-state index in [2.05, 4.69) is 26.0 Å². The minimum absolute atomic E-state index is 0.000690. The molecule has 300 valence electrons. The molecule has 0 aromatic rings. The van der Waals surface area contributed by atoms with Gasteiger partial charge in [-0.05, 0) is 44.9 Å². The van der Waals surface area contributed by atoms with E-state index in [9.17, 15) is 34.4 Å². The molecule has 12 nitrogen and oxygen atoms in total. The van der Waals surface area contributed by atoms with Crippen molar-refractivity contribution in [3.8, 4) is 0 Å². The lowest BCUT2D eigenvalue weighted by Crippen LogP contribution is -2.30. The van der Waals surface area contributed by atoms with Gasteiger partial charge in [-0.2, -0.15) is 0 Å². The lowest BCUT2D eigenvalue weighted by atomic mass is 10.1. The van der Waals surface area contributed by atoms with Gasteiger partial charge in [0.1, 0.15) is 6.61 Å². The zero-order chi connectivity index (χ0) is 38.7. The fraction of sp³-hybridized carbons (Fsp3) is 0.692. The molecule has 0 saturated carbocycles. The van der Waals surface area contributed by atoms with Crippen LogP contribution in [0.5, 0.6) is 0 Å². The van der Waals surface area contributed by atoms with Gasteiger partial charge in [-0.3, -0.25) is 18.6 Å². The van der Waals surface area contributed by atoms with E-state index in [1.165, 1.54) is 18.9 Å². The summed E-state index contributed by atoms with van der Waals surface area (Å²) in [6.07, 6.45) is 27.8. The van der Waals surface area contributed by atoms with Crippen molar-refractivity contribution in [2.75, 3.05) is 26.4 Å². The normalized spacial score (nSPS) is 15.9. The second kappa shape index (κ2) is 34.4. The predicted octanol–water partition coefficient (Wildman–Crippen LogP) is 7.07. The van der Waals surface area contributed by atoms with E-state index in [-0.39, 0.29) is 38.8 Å². The number of phosphoric ester groups is 1. The van der Waals surface area contributed by atoms with Gasteiger partial charge in [0.25, 0.3) is 0 Å². The Labute approximate surface area is 312 Å². The van der Waals surface area contributed by atoms with Gasteiger partial charge in [0, 0.05) is 19.4 Å². The number of ether oxygens (including phenoxy) is 2. The van der Waals surface area contributed by atoms with Crippen LogP contribution in [0.4, 0.5) is 0 Å². The Kier molecular flexibility index (Phi) is 32.8. The Morgan fingerprint density at radius 3 is 2.00 bits per heavy atom. The summed E-state index contributed by atoms with van der Waals surface area (Å²) in [6, 6.07) is 0. The zero-order valence-corrected chi connectivity index (χ0v) is 32.5. The lowest BCUT2D eigenvalue weighted by molar-refractivity contribution is -0.161. The lowest BCUT2D eigenvalue weighted by Gasteiger charge is -2.20. The third-order valence-corrected chi connectivity index (χ3v) is 8.73. The number of esters is 2. The van der Waals surface area contributed by atoms with E-state index in [0.29, 0.717) is 6.42 Å². The van der Waals surface area contributed by atoms with Gasteiger partial charge in [0.05, 0.1) is 31.5 Å². The van der Waals surface area contributed by atoms with Crippen molar-refractivity contribution < 1.29 is 52.9 Å². The fourth-order valence-electron chi connectivity index (χ4n) is 4.70. The van der Waals surface area contributed by atoms with Crippen molar-refractivity contribution in [2.24, 2.45) is 5.73 Å². The Morgan fingerprint density at radius 2 is 1.31 bits per heavy atom. The van der Waals surface area contributed by atoms with Crippen LogP contribution in [0, 0.1) is 0 Å². The Hall–Kier alpha value is -2.41. The molecule has 0 aromatic carbocycles. The first-order valence-electron chi connectivity index (χ1n) is 19.1. The molecular weight excluding hydrogens is 689 g/mol. The van der Waals surface area contributed by atoms with Crippen LogP contribution in [0.1, 0.15) is 123 Å². The molecule has 0 heterocycles. The number of phosphoric acid groups is 1. The minimum atomic E-state index is -4.46. The molecule has 0 amide bonds. The number of aliphatic hydroxyl groups is 3. The van der Waals surface area contributed by atoms with Crippen molar-refractivity contribution >= 4 is 19.8 Å². The van der Waals surface area contributed by atoms with E-state index >= 15 is 0 Å². The van der Waals surface area contributed by atoms with Crippen molar-refractivity contribution in [2.45, 2.75) is 147 Å². The minimum Gasteiger partial charge on any atom is -0.462 e. The van der Waals surface area contributed by atoms with Crippen LogP contribution < -0.4 is 5.73 Å². The topological polar surface area (TPSA) is 195 Å². The third-order valence-electron chi connectivity index (χ3n) is 7.74. The quantitative estimate of drug-likeness (QED) is 0.0148. The van der Waals surface area contributed by atoms with Gasteiger partial charge in [0.15, 0.2) is 6.10 Å². The Balaban J connectivity index is 4.60. The smallest absolute Gasteiger partial charge is 0.462 e. The van der Waals surface area contributed by atoms with Crippen LogP contribution in [0.3, 0.4) is 0 Å². The number of nitrogens with two attached hydrogens (primary N) is 1. The summed E-state index contributed by atoms with van der Waals surface area (Å²) in [5.74, 6) is -1.18. The highest BCUT2D eigenvalue weighted by Gasteiger charge is 2.26. The maximum Gasteiger partial charge on any atom is 0.472 e. The average molecular weight is 758 g/mol. The molecule has 6 N–H and O–H groups in total. The van der Waals surface area contributed by atoms with E-state index < -0.39 is 57.4 Å². The first-order chi connectivity index (χ1) is 25.0. The molecular formula is C39H68NO11P. The Bertz CT molecular complexity index is 1090. The fourth-order valence-corrected chi connectivity index (χ4v) is 5.47. The number of hydrogen-bond donors (Lipinski definition) is 5. The summed E-state index contributed by atoms with van der Waals surface area (Å²) in [5, 5.41) is 30.3. The van der Waals surface area contributed by atoms with Gasteiger partial charge in [-0.25, -0.2) is 4.57 Å². The number of hydrogen-bond acceptors (Lipinski definition) is 11. The van der Waals surface area contributed by atoms with Crippen LogP contribution in [0.2, 0.25) is 0 Å². The summed E-state index contributed by atoms with van der Waals surface area (Å²) in [6.45, 7) is 3.14. The summed E-state index contributed by atoms with van der Waals surface area (Å²) in [4.78, 5) is 34.7. The monoisotopic (exact) mass is 757 g/mol. The maximum absolute atomic E-state index is 12.5. The molecule has 0 aliphatic heterocycles. The van der Waals surface area contributed by atoms with E-state index in [1.54, 1.807) is 42.5 Å². The van der Waals surface area contributed by atoms with Gasteiger partial charge in [0.2, 0.25) is 0 Å². The zero-order valence-electron chi connectivity index (χ0n) is 31.6. The molecule has 5 atom stereocenters. The van der Waals surface area contributed by atoms with Gasteiger partial charge < -0.3 is 35.4 Å². The second-order valence-electron chi connectivity index (χ2n) is 12.7. The predicted molar refractivity (Wildman–Crippen MR) is 205 cm³/mol. The molecule has 0 rings (SSSR count). The number of rotatable bonds is 34. The highest BCUT2D eigenvalue weighted by molar-refractivity contribution is 7.47. The summed E-state index contributed by atoms with van der Waals surface area (Å²) in [7, 11) is -4.46. The van der Waals surface area contributed by atoms with Gasteiger partial charge in [-0.1, -0.05) is 126 Å². The van der Waals surface area contributed by atoms with Crippen molar-refractivity contribution in [1.82, 2.24) is 0 Å². The third kappa shape index (κ3) is 32.3. The maximum atomic E-state index is 12.5. The van der Waals surface area contributed by atoms with Crippen LogP contribution in [0.25, 0.3) is 0 Å². The van der Waals surface area contributed by atoms with Crippen LogP contribution in [-0.2, 0) is 32.7 Å². The summed E-state index contributed by atoms with van der Waals surface area (Å²) in [5.41, 5.74) is 5.31. The highest BCUT2D eigenvalue weighted by atomic mass is 31.2. The van der Waals surface area contributed by atoms with E-state index in [1.807, 2.05) is 0 Å². The van der Waals surface area contributed by atoms with Crippen LogP contribution in [-0.4, -0.2) is 82.9 Å². The molecule has 52 heavy (non-hydrogen) atoms. The van der Waals surface area contributed by atoms with E-state index in [0.717, 1.165) is 64.2 Å². The standard InChI is InChI=1S/C39H68NO11P/c1-3-5-7-8-9-10-11-12-13-18-22-28-39(45)51-35(33-50-52(46,47)49-31-30-40)32-48-38(44)29-23-27-37(43)36(42)26-21-17-15-14-16-20-25-34(41)24-19-6-4-2/h8-9,14-17,20-21,25-26,34-37,41-43H,3-7,10-13,18-19,22-24,27-33,40H2,1-2H3,(H,46,47)/b9-8-,16-14-,17-15+,25-20+,26-21+/t34-,35-,36-,37-/m1/s1. The number of carbonyl (C=O) groups excluding carboxylic acids is 2. The van der Waals surface area contributed by atoms with Crippen molar-refractivity contribution in [1.29, 1.82) is 0 Å². The largest absolute Gasteiger partial charge is 0.472 e. The molecule has 0 spiro atoms. The number of allylic oxidation sites excluding steroid dienone is 8. The Morgan fingerprint density at radius 1 is 0.692 bits per heavy atom. The molecule has 0 bridgehead atoms. The van der Waals surface area contributed by atoms with Crippen LogP contribution in [0.15, 0.2) is 60.8 Å². The first-order valence-corrected chi connectivity index (χ1v) is 20.6.